The Bertz CT molecular complexity index is 1620. The molecular formula is C22H20ClN8O7S2+. The number of rotatable bonds is 9. The number of anilines is 2. The molecule has 1 fully saturated rings. The topological polar surface area (TPSA) is 220 Å². The third kappa shape index (κ3) is 5.05. The Morgan fingerprint density at radius 2 is 2.23 bits per heavy atom. The maximum atomic E-state index is 13.2. The summed E-state index contributed by atoms with van der Waals surface area (Å²) in [7, 11) is 0. The summed E-state index contributed by atoms with van der Waals surface area (Å²) in [6, 6.07) is 0.724. The van der Waals surface area contributed by atoms with Crippen LogP contribution in [0.25, 0.3) is 11.1 Å². The zero-order valence-corrected chi connectivity index (χ0v) is 22.8. The fraction of sp³-hybridized carbons (Fsp3) is 0.273. The second kappa shape index (κ2) is 10.7. The molecule has 3 aromatic heterocycles. The molecule has 3 aromatic rings. The summed E-state index contributed by atoms with van der Waals surface area (Å²) in [5, 5.41) is 14.8. The van der Waals surface area contributed by atoms with Gasteiger partial charge in [-0.3, -0.25) is 19.3 Å². The summed E-state index contributed by atoms with van der Waals surface area (Å²) in [5.41, 5.74) is 12.7. The van der Waals surface area contributed by atoms with Crippen LogP contribution in [0, 0.1) is 0 Å². The highest BCUT2D eigenvalue weighted by atomic mass is 35.5. The molecule has 5 rings (SSSR count). The number of hydrogen-bond acceptors (Lipinski definition) is 13. The van der Waals surface area contributed by atoms with Crippen LogP contribution in [0.2, 0.25) is 4.34 Å². The van der Waals surface area contributed by atoms with Gasteiger partial charge in [-0.05, 0) is 6.92 Å². The Labute approximate surface area is 237 Å². The van der Waals surface area contributed by atoms with Gasteiger partial charge >= 0.3 is 5.97 Å². The van der Waals surface area contributed by atoms with Crippen molar-refractivity contribution in [2.75, 3.05) is 17.2 Å². The van der Waals surface area contributed by atoms with Crippen LogP contribution in [0.4, 0.5) is 11.1 Å². The Morgan fingerprint density at radius 1 is 1.45 bits per heavy atom. The van der Waals surface area contributed by atoms with E-state index in [1.807, 2.05) is 0 Å². The van der Waals surface area contributed by atoms with Gasteiger partial charge in [-0.2, -0.15) is 9.55 Å². The first kappa shape index (κ1) is 27.4. The second-order valence-electron chi connectivity index (χ2n) is 8.59. The lowest BCUT2D eigenvalue weighted by Crippen LogP contribution is -2.70. The summed E-state index contributed by atoms with van der Waals surface area (Å²) in [6.07, 6.45) is 2.68. The number of nitrogens with two attached hydrogens (primary N) is 2. The number of halogens is 1. The van der Waals surface area contributed by atoms with Crippen molar-refractivity contribution in [1.29, 1.82) is 0 Å². The minimum absolute atomic E-state index is 0.0198. The van der Waals surface area contributed by atoms with Crippen molar-refractivity contribution in [3.63, 3.8) is 0 Å². The van der Waals surface area contributed by atoms with Gasteiger partial charge in [0.05, 0.1) is 5.70 Å². The van der Waals surface area contributed by atoms with Crippen LogP contribution in [0.5, 0.6) is 0 Å². The molecule has 208 valence electrons. The number of carboxylic acid groups (broad SMARTS) is 1. The van der Waals surface area contributed by atoms with E-state index in [4.69, 9.17) is 37.4 Å². The van der Waals surface area contributed by atoms with Crippen molar-refractivity contribution in [3.8, 4) is 0 Å². The summed E-state index contributed by atoms with van der Waals surface area (Å²) in [6.45, 7) is 1.52. The lowest BCUT2D eigenvalue weighted by Gasteiger charge is -2.49. The van der Waals surface area contributed by atoms with Gasteiger partial charge in [-0.15, -0.1) is 11.8 Å². The van der Waals surface area contributed by atoms with E-state index in [9.17, 15) is 19.2 Å². The molecule has 2 amide bonds. The van der Waals surface area contributed by atoms with E-state index < -0.39 is 41.0 Å². The fourth-order valence-electron chi connectivity index (χ4n) is 4.02. The van der Waals surface area contributed by atoms with Gasteiger partial charge in [0.2, 0.25) is 6.10 Å². The van der Waals surface area contributed by atoms with E-state index in [-0.39, 0.29) is 26.9 Å². The molecular weight excluding hydrogens is 588 g/mol. The number of nitrogen functional groups attached to an aromatic ring is 2. The molecule has 6 N–H and O–H groups in total. The predicted molar refractivity (Wildman–Crippen MR) is 143 cm³/mol. The molecule has 18 heteroatoms. The molecule has 0 aromatic carbocycles. The molecule has 2 unspecified atom stereocenters. The first-order valence-electron chi connectivity index (χ1n) is 11.4. The number of nitrogens with zero attached hydrogens (tertiary/aromatic N) is 5. The number of hydrogen-bond donors (Lipinski definition) is 4. The molecule has 5 heterocycles. The second-order valence-corrected chi connectivity index (χ2v) is 11.3. The number of allylic oxidation sites excluding steroid dienone is 1. The summed E-state index contributed by atoms with van der Waals surface area (Å²) in [4.78, 5) is 63.8. The number of nitrogens with one attached hydrogen (secondary N) is 1. The number of carboxylic acids is 1. The molecule has 0 radical (unpaired) electrons. The van der Waals surface area contributed by atoms with Gasteiger partial charge in [0.1, 0.15) is 21.4 Å². The number of oxime groups is 1. The van der Waals surface area contributed by atoms with E-state index in [0.717, 1.165) is 11.3 Å². The Morgan fingerprint density at radius 3 is 2.90 bits per heavy atom. The van der Waals surface area contributed by atoms with E-state index in [0.29, 0.717) is 35.3 Å². The molecule has 3 atom stereocenters. The number of carbonyl (C=O) groups is 4. The highest BCUT2D eigenvalue weighted by Crippen LogP contribution is 2.39. The third-order valence-corrected chi connectivity index (χ3v) is 8.38. The largest absolute Gasteiger partial charge is 0.478 e. The van der Waals surface area contributed by atoms with Crippen LogP contribution in [0.3, 0.4) is 0 Å². The SMILES string of the molecule is C[C@H](O/N=C(\C(=O)NC1C(=O)N2C(C=O)=C(C[n+]3ccc4oc(N)nc4c3)CSC12)c1nc(N)sc1Cl)C(=O)O. The van der Waals surface area contributed by atoms with Crippen molar-refractivity contribution >= 4 is 86.7 Å². The number of carbonyl (C=O) groups excluding carboxylic acids is 3. The summed E-state index contributed by atoms with van der Waals surface area (Å²) < 4.78 is 7.09. The number of aliphatic carboxylic acids is 1. The van der Waals surface area contributed by atoms with Gasteiger partial charge in [0, 0.05) is 17.4 Å². The molecule has 0 spiro atoms. The van der Waals surface area contributed by atoms with E-state index >= 15 is 0 Å². The maximum Gasteiger partial charge on any atom is 0.347 e. The van der Waals surface area contributed by atoms with E-state index in [1.165, 1.54) is 23.6 Å². The lowest BCUT2D eigenvalue weighted by atomic mass is 10.0. The van der Waals surface area contributed by atoms with Gasteiger partial charge in [0.25, 0.3) is 17.8 Å². The zero-order chi connectivity index (χ0) is 28.7. The normalized spacial score (nSPS) is 19.7. The molecule has 0 saturated carbocycles. The van der Waals surface area contributed by atoms with Crippen molar-refractivity contribution < 1.29 is 38.1 Å². The number of aldehydes is 1. The monoisotopic (exact) mass is 607 g/mol. The minimum atomic E-state index is -1.38. The number of β-lactam (4-membered cyclic amide) rings is 1. The molecule has 1 saturated heterocycles. The smallest absolute Gasteiger partial charge is 0.347 e. The number of oxazole rings is 1. The average molecular weight is 608 g/mol. The molecule has 15 nitrogen and oxygen atoms in total. The number of pyridine rings is 1. The predicted octanol–water partition coefficient (Wildman–Crippen LogP) is 0.137. The standard InChI is InChI=1S/C22H19ClN8O7S2/c1-8(20(35)36)38-29-14(13-16(23)40-22(25)28-13)17(33)27-15-18(34)31-11(6-32)9(7-39-19(15)31)4-30-3-2-12-10(5-30)26-21(24)37-12/h2-3,5-6,8,15,19H,4,7H2,1H3,(H5-,24,25,26,27,28,33,35,36)/p+1/b29-14-/t8-,15?,19?/m0/s1. The van der Waals surface area contributed by atoms with Crippen LogP contribution in [0.1, 0.15) is 12.6 Å². The van der Waals surface area contributed by atoms with Crippen LogP contribution in [-0.4, -0.2) is 73.0 Å². The molecule has 2 aliphatic heterocycles. The third-order valence-electron chi connectivity index (χ3n) is 5.96. The molecule has 40 heavy (non-hydrogen) atoms. The Balaban J connectivity index is 1.34. The lowest BCUT2D eigenvalue weighted by molar-refractivity contribution is -0.687. The van der Waals surface area contributed by atoms with E-state index in [1.54, 1.807) is 23.0 Å². The van der Waals surface area contributed by atoms with Gasteiger partial charge in [-0.25, -0.2) is 9.78 Å². The average Bonchev–Trinajstić information content (AvgIpc) is 3.45. The number of fused-ring (bicyclic) bond motifs is 2. The first-order valence-corrected chi connectivity index (χ1v) is 13.7. The zero-order valence-electron chi connectivity index (χ0n) is 20.4. The summed E-state index contributed by atoms with van der Waals surface area (Å²) >= 11 is 8.37. The highest BCUT2D eigenvalue weighted by Gasteiger charge is 2.53. The van der Waals surface area contributed by atoms with E-state index in [2.05, 4.69) is 20.4 Å². The van der Waals surface area contributed by atoms with Crippen LogP contribution in [0.15, 0.2) is 39.3 Å². The van der Waals surface area contributed by atoms with Crippen molar-refractivity contribution in [1.82, 2.24) is 20.2 Å². The number of thiazole rings is 1. The Kier molecular flexibility index (Phi) is 7.35. The summed E-state index contributed by atoms with van der Waals surface area (Å²) in [5.74, 6) is -2.32. The van der Waals surface area contributed by atoms with Gasteiger partial charge in [0.15, 0.2) is 47.2 Å². The number of aromatic nitrogens is 3. The Hall–Kier alpha value is -4.22. The quantitative estimate of drug-likeness (QED) is 0.0838. The highest BCUT2D eigenvalue weighted by molar-refractivity contribution is 8.00. The van der Waals surface area contributed by atoms with Crippen molar-refractivity contribution in [2.45, 2.75) is 31.0 Å². The molecule has 0 bridgehead atoms. The molecule has 2 aliphatic rings. The number of thioether (sulfide) groups is 1. The van der Waals surface area contributed by atoms with Crippen LogP contribution >= 0.6 is 34.7 Å². The number of amides is 2. The van der Waals surface area contributed by atoms with Crippen molar-refractivity contribution in [3.05, 3.63) is 39.8 Å². The van der Waals surface area contributed by atoms with Crippen molar-refractivity contribution in [2.24, 2.45) is 5.16 Å². The van der Waals surface area contributed by atoms with Crippen LogP contribution in [-0.2, 0) is 30.6 Å². The molecule has 0 aliphatic carbocycles. The fourth-order valence-corrected chi connectivity index (χ4v) is 6.30. The first-order chi connectivity index (χ1) is 19.1. The minimum Gasteiger partial charge on any atom is -0.478 e. The maximum absolute atomic E-state index is 13.2. The van der Waals surface area contributed by atoms with Gasteiger partial charge < -0.3 is 31.1 Å². The van der Waals surface area contributed by atoms with Crippen LogP contribution < -0.4 is 21.4 Å². The van der Waals surface area contributed by atoms with Gasteiger partial charge in [-0.1, -0.05) is 28.1 Å².